The average Bonchev–Trinajstić information content (AvgIpc) is 3.25. The minimum atomic E-state index is -0.339. The van der Waals surface area contributed by atoms with Crippen molar-refractivity contribution in [1.29, 1.82) is 0 Å². The number of thioether (sulfide) groups is 1. The molecule has 1 aliphatic heterocycles. The van der Waals surface area contributed by atoms with Gasteiger partial charge in [0, 0.05) is 11.6 Å². The standard InChI is InChI=1S/C27H18FN5O2S/c28-21-10-6-18(7-11-21)16-24-26(35)30-27(36-24)31-29-17-19-8-12-22(13-9-19)33-25(34)15-14-23(32-33)20-4-2-1-3-5-20/h1-17H,(H,30,31,35)/b24-16-,29-17-. The van der Waals surface area contributed by atoms with Crippen molar-refractivity contribution in [2.75, 3.05) is 0 Å². The summed E-state index contributed by atoms with van der Waals surface area (Å²) >= 11 is 1.15. The van der Waals surface area contributed by atoms with Gasteiger partial charge in [-0.1, -0.05) is 54.6 Å². The zero-order valence-corrected chi connectivity index (χ0v) is 19.5. The highest BCUT2D eigenvalue weighted by atomic mass is 32.2. The summed E-state index contributed by atoms with van der Waals surface area (Å²) in [6, 6.07) is 25.8. The smallest absolute Gasteiger partial charge is 0.271 e. The molecule has 36 heavy (non-hydrogen) atoms. The molecule has 1 aromatic heterocycles. The van der Waals surface area contributed by atoms with Crippen molar-refractivity contribution in [3.63, 3.8) is 0 Å². The third-order valence-electron chi connectivity index (χ3n) is 5.18. The van der Waals surface area contributed by atoms with Gasteiger partial charge in [-0.05, 0) is 59.3 Å². The fourth-order valence-corrected chi connectivity index (χ4v) is 4.17. The van der Waals surface area contributed by atoms with Crippen LogP contribution in [0.15, 0.2) is 111 Å². The molecule has 0 bridgehead atoms. The van der Waals surface area contributed by atoms with Crippen molar-refractivity contribution in [1.82, 2.24) is 15.1 Å². The minimum Gasteiger partial charge on any atom is -0.299 e. The van der Waals surface area contributed by atoms with Crippen LogP contribution < -0.4 is 10.9 Å². The average molecular weight is 496 g/mol. The number of amidine groups is 1. The van der Waals surface area contributed by atoms with Gasteiger partial charge in [0.15, 0.2) is 5.17 Å². The van der Waals surface area contributed by atoms with Gasteiger partial charge < -0.3 is 0 Å². The van der Waals surface area contributed by atoms with Crippen LogP contribution in [0.5, 0.6) is 0 Å². The van der Waals surface area contributed by atoms with E-state index in [0.717, 1.165) is 22.9 Å². The van der Waals surface area contributed by atoms with Gasteiger partial charge in [0.25, 0.3) is 11.5 Å². The van der Waals surface area contributed by atoms with Crippen molar-refractivity contribution < 1.29 is 9.18 Å². The molecule has 2 heterocycles. The summed E-state index contributed by atoms with van der Waals surface area (Å²) in [5.74, 6) is -0.632. The lowest BCUT2D eigenvalue weighted by Crippen LogP contribution is -2.20. The van der Waals surface area contributed by atoms with E-state index in [2.05, 4.69) is 20.6 Å². The Labute approximate surface area is 209 Å². The van der Waals surface area contributed by atoms with Crippen LogP contribution in [0.25, 0.3) is 23.0 Å². The highest BCUT2D eigenvalue weighted by Crippen LogP contribution is 2.26. The van der Waals surface area contributed by atoms with Crippen LogP contribution in [0.4, 0.5) is 4.39 Å². The van der Waals surface area contributed by atoms with Gasteiger partial charge in [0.2, 0.25) is 0 Å². The second kappa shape index (κ2) is 10.3. The predicted molar refractivity (Wildman–Crippen MR) is 140 cm³/mol. The van der Waals surface area contributed by atoms with Crippen LogP contribution in [0.3, 0.4) is 0 Å². The number of halogens is 1. The molecule has 3 aromatic carbocycles. The first-order valence-electron chi connectivity index (χ1n) is 10.9. The maximum atomic E-state index is 13.1. The van der Waals surface area contributed by atoms with Crippen molar-refractivity contribution >= 4 is 35.1 Å². The van der Waals surface area contributed by atoms with E-state index in [9.17, 15) is 14.0 Å². The molecule has 4 aromatic rings. The molecule has 0 aliphatic carbocycles. The summed E-state index contributed by atoms with van der Waals surface area (Å²) in [5, 5.41) is 15.6. The van der Waals surface area contributed by atoms with Gasteiger partial charge in [0.1, 0.15) is 5.82 Å². The molecule has 0 unspecified atom stereocenters. The monoisotopic (exact) mass is 495 g/mol. The first-order valence-corrected chi connectivity index (χ1v) is 11.7. The third-order valence-corrected chi connectivity index (χ3v) is 6.08. The number of hydrogen-bond acceptors (Lipinski definition) is 6. The van der Waals surface area contributed by atoms with Crippen molar-refractivity contribution in [2.24, 2.45) is 10.2 Å². The molecule has 0 radical (unpaired) electrons. The summed E-state index contributed by atoms with van der Waals surface area (Å²) in [4.78, 5) is 25.0. The van der Waals surface area contributed by atoms with Gasteiger partial charge in [-0.2, -0.15) is 14.9 Å². The van der Waals surface area contributed by atoms with Crippen LogP contribution >= 0.6 is 11.8 Å². The largest absolute Gasteiger partial charge is 0.299 e. The molecule has 1 saturated heterocycles. The highest BCUT2D eigenvalue weighted by Gasteiger charge is 2.23. The molecule has 0 saturated carbocycles. The van der Waals surface area contributed by atoms with Crippen LogP contribution in [0.1, 0.15) is 11.1 Å². The van der Waals surface area contributed by atoms with Crippen molar-refractivity contribution in [3.05, 3.63) is 123 Å². The number of benzene rings is 3. The molecule has 1 fully saturated rings. The fraction of sp³-hybridized carbons (Fsp3) is 0. The van der Waals surface area contributed by atoms with Crippen molar-refractivity contribution in [3.8, 4) is 16.9 Å². The Morgan fingerprint density at radius 3 is 2.33 bits per heavy atom. The molecule has 9 heteroatoms. The number of nitrogens with one attached hydrogen (secondary N) is 1. The van der Waals surface area contributed by atoms with Gasteiger partial charge >= 0.3 is 0 Å². The molecule has 176 valence electrons. The zero-order chi connectivity index (χ0) is 24.9. The third kappa shape index (κ3) is 5.37. The summed E-state index contributed by atoms with van der Waals surface area (Å²) in [6.45, 7) is 0. The van der Waals surface area contributed by atoms with E-state index in [1.165, 1.54) is 22.9 Å². The topological polar surface area (TPSA) is 88.7 Å². The molecule has 7 nitrogen and oxygen atoms in total. The maximum Gasteiger partial charge on any atom is 0.271 e. The lowest BCUT2D eigenvalue weighted by molar-refractivity contribution is -0.115. The summed E-state index contributed by atoms with van der Waals surface area (Å²) in [5.41, 5.74) is 3.47. The number of nitrogens with zero attached hydrogens (tertiary/aromatic N) is 4. The van der Waals surface area contributed by atoms with E-state index in [4.69, 9.17) is 0 Å². The minimum absolute atomic E-state index is 0.235. The molecule has 1 amide bonds. The number of aromatic nitrogens is 2. The van der Waals surface area contributed by atoms with E-state index in [1.54, 1.807) is 54.8 Å². The lowest BCUT2D eigenvalue weighted by Gasteiger charge is -2.07. The molecular weight excluding hydrogens is 477 g/mol. The van der Waals surface area contributed by atoms with E-state index >= 15 is 0 Å². The second-order valence-electron chi connectivity index (χ2n) is 7.69. The molecular formula is C27H18FN5O2S. The normalized spacial score (nSPS) is 15.6. The molecule has 0 atom stereocenters. The molecule has 1 aliphatic rings. The van der Waals surface area contributed by atoms with E-state index < -0.39 is 0 Å². The number of amides is 1. The SMILES string of the molecule is O=C1NC(=N/N=C\c2ccc(-n3nc(-c4ccccc4)ccc3=O)cc2)S/C1=C\c1ccc(F)cc1. The van der Waals surface area contributed by atoms with Gasteiger partial charge in [-0.15, -0.1) is 5.10 Å². The Hall–Kier alpha value is -4.63. The van der Waals surface area contributed by atoms with Gasteiger partial charge in [-0.3, -0.25) is 14.9 Å². The molecule has 5 rings (SSSR count). The van der Waals surface area contributed by atoms with Crippen LogP contribution in [-0.2, 0) is 4.79 Å². The predicted octanol–water partition coefficient (Wildman–Crippen LogP) is 4.63. The molecule has 1 N–H and O–H groups in total. The van der Waals surface area contributed by atoms with Crippen LogP contribution in [0.2, 0.25) is 0 Å². The van der Waals surface area contributed by atoms with Crippen LogP contribution in [-0.4, -0.2) is 27.1 Å². The van der Waals surface area contributed by atoms with Gasteiger partial charge in [0.05, 0.1) is 22.5 Å². The summed E-state index contributed by atoms with van der Waals surface area (Å²) < 4.78 is 14.4. The van der Waals surface area contributed by atoms with Crippen LogP contribution in [0, 0.1) is 5.82 Å². The van der Waals surface area contributed by atoms with Gasteiger partial charge in [-0.25, -0.2) is 4.39 Å². The Kier molecular flexibility index (Phi) is 6.63. The Bertz CT molecular complexity index is 1560. The number of hydrogen-bond donors (Lipinski definition) is 1. The first-order chi connectivity index (χ1) is 17.5. The summed E-state index contributed by atoms with van der Waals surface area (Å²) in [6.07, 6.45) is 3.20. The first kappa shape index (κ1) is 23.1. The zero-order valence-electron chi connectivity index (χ0n) is 18.7. The lowest BCUT2D eigenvalue weighted by atomic mass is 10.1. The number of carbonyl (C=O) groups is 1. The summed E-state index contributed by atoms with van der Waals surface area (Å²) in [7, 11) is 0. The second-order valence-corrected chi connectivity index (χ2v) is 8.72. The number of carbonyl (C=O) groups excluding carboxylic acids is 1. The highest BCUT2D eigenvalue weighted by molar-refractivity contribution is 8.18. The quantitative estimate of drug-likeness (QED) is 0.248. The number of rotatable bonds is 5. The van der Waals surface area contributed by atoms with Crippen molar-refractivity contribution in [2.45, 2.75) is 0 Å². The Balaban J connectivity index is 1.28. The van der Waals surface area contributed by atoms with E-state index in [1.807, 2.05) is 30.3 Å². The molecule has 0 spiro atoms. The fourth-order valence-electron chi connectivity index (χ4n) is 3.39. The van der Waals surface area contributed by atoms with E-state index in [-0.39, 0.29) is 17.3 Å². The maximum absolute atomic E-state index is 13.1. The van der Waals surface area contributed by atoms with E-state index in [0.29, 0.717) is 27.0 Å². The Morgan fingerprint density at radius 1 is 0.861 bits per heavy atom. The Morgan fingerprint density at radius 2 is 1.58 bits per heavy atom.